The number of rotatable bonds is 6. The predicted molar refractivity (Wildman–Crippen MR) is 137 cm³/mol. The first-order valence-electron chi connectivity index (χ1n) is 12.3. The molecule has 1 aliphatic carbocycles. The van der Waals surface area contributed by atoms with Crippen molar-refractivity contribution in [1.29, 1.82) is 0 Å². The number of halogens is 4. The van der Waals surface area contributed by atoms with Crippen LogP contribution in [-0.2, 0) is 6.54 Å². The van der Waals surface area contributed by atoms with E-state index in [0.717, 1.165) is 24.6 Å². The van der Waals surface area contributed by atoms with Crippen LogP contribution in [0.25, 0.3) is 16.7 Å². The van der Waals surface area contributed by atoms with E-state index in [0.29, 0.717) is 36.2 Å². The van der Waals surface area contributed by atoms with Crippen LogP contribution >= 0.6 is 11.6 Å². The Hall–Kier alpha value is -3.66. The Balaban J connectivity index is 1.31. The minimum absolute atomic E-state index is 0.111. The molecule has 1 aliphatic rings. The summed E-state index contributed by atoms with van der Waals surface area (Å²) < 4.78 is 43.5. The van der Waals surface area contributed by atoms with Gasteiger partial charge < -0.3 is 5.32 Å². The van der Waals surface area contributed by atoms with Crippen LogP contribution in [0.4, 0.5) is 13.2 Å². The van der Waals surface area contributed by atoms with Gasteiger partial charge in [-0.1, -0.05) is 23.7 Å². The Morgan fingerprint density at radius 1 is 1.11 bits per heavy atom. The average molecular weight is 544 g/mol. The third kappa shape index (κ3) is 5.05. The number of aryl methyl sites for hydroxylation is 1. The number of fused-ring (bicyclic) bond motifs is 1. The zero-order chi connectivity index (χ0) is 27.0. The molecule has 11 heteroatoms. The standard InChI is InChI=1S/C27H25ClF3N5O2/c1-15-10-23(29)32-13-22(15)36-21-5-3-2-4-20(21)35(27(36)38)14-16-6-8-18(9-7-16)34-26(37)19-11-17(28)12-33-24(19)25(30)31/h2-5,10-13,16,18,25H,6-9,14H2,1H3,(H,34,37)/t16-,18-. The van der Waals surface area contributed by atoms with E-state index in [1.54, 1.807) is 16.1 Å². The number of benzene rings is 1. The molecule has 0 unspecified atom stereocenters. The van der Waals surface area contributed by atoms with Gasteiger partial charge >= 0.3 is 5.69 Å². The molecule has 4 aromatic rings. The second-order valence-corrected chi connectivity index (χ2v) is 10.0. The van der Waals surface area contributed by atoms with E-state index in [1.807, 2.05) is 24.3 Å². The maximum atomic E-state index is 13.6. The molecule has 0 saturated heterocycles. The highest BCUT2D eigenvalue weighted by Gasteiger charge is 2.27. The number of imidazole rings is 1. The van der Waals surface area contributed by atoms with Gasteiger partial charge in [0.25, 0.3) is 12.3 Å². The lowest BCUT2D eigenvalue weighted by Gasteiger charge is -2.29. The van der Waals surface area contributed by atoms with Crippen molar-refractivity contribution in [2.45, 2.75) is 51.6 Å². The van der Waals surface area contributed by atoms with Gasteiger partial charge in [0.05, 0.1) is 33.5 Å². The molecular weight excluding hydrogens is 519 g/mol. The second-order valence-electron chi connectivity index (χ2n) is 9.59. The van der Waals surface area contributed by atoms with Crippen LogP contribution in [0.2, 0.25) is 5.02 Å². The normalized spacial score (nSPS) is 17.7. The fourth-order valence-electron chi connectivity index (χ4n) is 5.18. The highest BCUT2D eigenvalue weighted by atomic mass is 35.5. The fourth-order valence-corrected chi connectivity index (χ4v) is 5.34. The molecule has 1 fully saturated rings. The molecule has 3 aromatic heterocycles. The minimum atomic E-state index is -2.89. The lowest BCUT2D eigenvalue weighted by Crippen LogP contribution is -2.39. The predicted octanol–water partition coefficient (Wildman–Crippen LogP) is 5.61. The molecule has 0 aliphatic heterocycles. The third-order valence-corrected chi connectivity index (χ3v) is 7.29. The number of para-hydroxylation sites is 2. The first kappa shape index (κ1) is 26.0. The summed E-state index contributed by atoms with van der Waals surface area (Å²) in [5, 5.41) is 2.95. The Labute approximate surface area is 221 Å². The van der Waals surface area contributed by atoms with E-state index in [2.05, 4.69) is 15.3 Å². The molecule has 1 N–H and O–H groups in total. The Morgan fingerprint density at radius 3 is 2.50 bits per heavy atom. The molecule has 0 bridgehead atoms. The zero-order valence-electron chi connectivity index (χ0n) is 20.5. The van der Waals surface area contributed by atoms with Crippen molar-refractivity contribution < 1.29 is 18.0 Å². The van der Waals surface area contributed by atoms with E-state index in [9.17, 15) is 22.8 Å². The number of pyridine rings is 2. The number of alkyl halides is 2. The summed E-state index contributed by atoms with van der Waals surface area (Å²) in [6, 6.07) is 9.76. The van der Waals surface area contributed by atoms with Gasteiger partial charge in [0.2, 0.25) is 5.95 Å². The van der Waals surface area contributed by atoms with E-state index in [1.165, 1.54) is 18.3 Å². The van der Waals surface area contributed by atoms with E-state index in [-0.39, 0.29) is 28.2 Å². The Kier molecular flexibility index (Phi) is 7.25. The molecule has 1 aromatic carbocycles. The molecule has 0 radical (unpaired) electrons. The summed E-state index contributed by atoms with van der Waals surface area (Å²) in [7, 11) is 0. The largest absolute Gasteiger partial charge is 0.349 e. The number of amides is 1. The van der Waals surface area contributed by atoms with Gasteiger partial charge in [-0.15, -0.1) is 0 Å². The summed E-state index contributed by atoms with van der Waals surface area (Å²) in [6.45, 7) is 2.21. The maximum Gasteiger partial charge on any atom is 0.333 e. The van der Waals surface area contributed by atoms with E-state index < -0.39 is 24.0 Å². The number of nitrogens with one attached hydrogen (secondary N) is 1. The second kappa shape index (κ2) is 10.6. The van der Waals surface area contributed by atoms with Gasteiger partial charge in [-0.25, -0.2) is 18.6 Å². The summed E-state index contributed by atoms with van der Waals surface area (Å²) in [5.74, 6) is -1.05. The van der Waals surface area contributed by atoms with Crippen molar-refractivity contribution in [1.82, 2.24) is 24.4 Å². The molecule has 5 rings (SSSR count). The van der Waals surface area contributed by atoms with Crippen LogP contribution in [0.5, 0.6) is 0 Å². The van der Waals surface area contributed by atoms with Crippen molar-refractivity contribution in [3.8, 4) is 5.69 Å². The van der Waals surface area contributed by atoms with E-state index in [4.69, 9.17) is 11.6 Å². The van der Waals surface area contributed by atoms with Crippen LogP contribution in [-0.4, -0.2) is 31.1 Å². The first-order chi connectivity index (χ1) is 18.2. The summed E-state index contributed by atoms with van der Waals surface area (Å²) in [5.41, 5.74) is 1.55. The highest BCUT2D eigenvalue weighted by molar-refractivity contribution is 6.30. The van der Waals surface area contributed by atoms with Gasteiger partial charge in [0, 0.05) is 18.8 Å². The SMILES string of the molecule is Cc1cc(F)ncc1-n1c(=O)n(C[C@H]2CC[C@H](NC(=O)c3cc(Cl)cnc3C(F)F)CC2)c2ccccc21. The smallest absolute Gasteiger partial charge is 0.333 e. The van der Waals surface area contributed by atoms with Gasteiger partial charge in [-0.05, 0) is 68.4 Å². The molecule has 1 amide bonds. The van der Waals surface area contributed by atoms with Crippen molar-refractivity contribution in [3.05, 3.63) is 87.1 Å². The van der Waals surface area contributed by atoms with Gasteiger partial charge in [-0.3, -0.25) is 18.9 Å². The van der Waals surface area contributed by atoms with Gasteiger partial charge in [0.1, 0.15) is 5.69 Å². The van der Waals surface area contributed by atoms with Gasteiger partial charge in [-0.2, -0.15) is 4.39 Å². The van der Waals surface area contributed by atoms with Crippen LogP contribution in [0.3, 0.4) is 0 Å². The molecule has 3 heterocycles. The van der Waals surface area contributed by atoms with Crippen molar-refractivity contribution >= 4 is 28.5 Å². The minimum Gasteiger partial charge on any atom is -0.349 e. The lowest BCUT2D eigenvalue weighted by molar-refractivity contribution is 0.0904. The maximum absolute atomic E-state index is 13.6. The molecule has 0 atom stereocenters. The molecule has 0 spiro atoms. The Bertz CT molecular complexity index is 1560. The van der Waals surface area contributed by atoms with Crippen LogP contribution in [0.15, 0.2) is 53.6 Å². The summed E-state index contributed by atoms with van der Waals surface area (Å²) >= 11 is 5.88. The quantitative estimate of drug-likeness (QED) is 0.321. The monoisotopic (exact) mass is 543 g/mol. The van der Waals surface area contributed by atoms with Crippen molar-refractivity contribution in [3.63, 3.8) is 0 Å². The Morgan fingerprint density at radius 2 is 1.82 bits per heavy atom. The number of hydrogen-bond acceptors (Lipinski definition) is 4. The van der Waals surface area contributed by atoms with Crippen molar-refractivity contribution in [2.24, 2.45) is 5.92 Å². The van der Waals surface area contributed by atoms with Crippen LogP contribution in [0, 0.1) is 18.8 Å². The topological polar surface area (TPSA) is 81.8 Å². The van der Waals surface area contributed by atoms with Crippen LogP contribution in [0.1, 0.15) is 53.7 Å². The molecule has 7 nitrogen and oxygen atoms in total. The zero-order valence-corrected chi connectivity index (χ0v) is 21.3. The average Bonchev–Trinajstić information content (AvgIpc) is 3.16. The number of aromatic nitrogens is 4. The van der Waals surface area contributed by atoms with Crippen molar-refractivity contribution in [2.75, 3.05) is 0 Å². The molecule has 38 heavy (non-hydrogen) atoms. The number of nitrogens with zero attached hydrogens (tertiary/aromatic N) is 4. The third-order valence-electron chi connectivity index (χ3n) is 7.09. The lowest BCUT2D eigenvalue weighted by atomic mass is 9.85. The summed E-state index contributed by atoms with van der Waals surface area (Å²) in [4.78, 5) is 33.6. The van der Waals surface area contributed by atoms with E-state index >= 15 is 0 Å². The number of hydrogen-bond donors (Lipinski definition) is 1. The highest BCUT2D eigenvalue weighted by Crippen LogP contribution is 2.29. The molecular formula is C27H25ClF3N5O2. The fraction of sp³-hybridized carbons (Fsp3) is 0.333. The number of carbonyl (C=O) groups is 1. The first-order valence-corrected chi connectivity index (χ1v) is 12.7. The number of carbonyl (C=O) groups excluding carboxylic acids is 1. The molecule has 1 saturated carbocycles. The molecule has 198 valence electrons. The van der Waals surface area contributed by atoms with Gasteiger partial charge in [0.15, 0.2) is 0 Å². The summed E-state index contributed by atoms with van der Waals surface area (Å²) in [6.07, 6.45) is 2.33. The van der Waals surface area contributed by atoms with Crippen LogP contribution < -0.4 is 11.0 Å².